The third kappa shape index (κ3) is 6.32. The predicted octanol–water partition coefficient (Wildman–Crippen LogP) is 4.36. The molecule has 0 aromatic heterocycles. The highest BCUT2D eigenvalue weighted by Crippen LogP contribution is 2.22. The molecule has 2 aromatic carbocycles. The number of nitrogens with one attached hydrogen (secondary N) is 1. The van der Waals surface area contributed by atoms with E-state index in [2.05, 4.69) is 5.32 Å². The van der Waals surface area contributed by atoms with Crippen molar-refractivity contribution in [2.24, 2.45) is 0 Å². The van der Waals surface area contributed by atoms with E-state index in [4.69, 9.17) is 9.47 Å². The molecular formula is C21H25NO4S. The van der Waals surface area contributed by atoms with Gasteiger partial charge in [-0.1, -0.05) is 18.2 Å². The van der Waals surface area contributed by atoms with Crippen molar-refractivity contribution in [3.63, 3.8) is 0 Å². The molecule has 0 unspecified atom stereocenters. The molecule has 144 valence electrons. The minimum atomic E-state index is -0.863. The number of para-hydroxylation sites is 1. The van der Waals surface area contributed by atoms with Crippen molar-refractivity contribution in [2.45, 2.75) is 38.7 Å². The van der Waals surface area contributed by atoms with Crippen LogP contribution in [0.5, 0.6) is 5.75 Å². The largest absolute Gasteiger partial charge is 0.494 e. The fourth-order valence-corrected chi connectivity index (χ4v) is 3.14. The molecule has 1 atom stereocenters. The van der Waals surface area contributed by atoms with Crippen LogP contribution in [-0.2, 0) is 14.3 Å². The summed E-state index contributed by atoms with van der Waals surface area (Å²) in [6.45, 7) is 7.96. The summed E-state index contributed by atoms with van der Waals surface area (Å²) in [5, 5.41) is 2.84. The Morgan fingerprint density at radius 2 is 1.70 bits per heavy atom. The molecule has 2 aromatic rings. The summed E-state index contributed by atoms with van der Waals surface area (Å²) in [6, 6.07) is 13.3. The smallest absolute Gasteiger partial charge is 0.317 e. The van der Waals surface area contributed by atoms with Crippen molar-refractivity contribution < 1.29 is 19.1 Å². The summed E-state index contributed by atoms with van der Waals surface area (Å²) in [4.78, 5) is 25.3. The maximum absolute atomic E-state index is 12.3. The molecule has 2 rings (SSSR count). The van der Waals surface area contributed by atoms with E-state index in [9.17, 15) is 9.59 Å². The second-order valence-electron chi connectivity index (χ2n) is 6.08. The first-order valence-electron chi connectivity index (χ1n) is 8.83. The number of rotatable bonds is 8. The van der Waals surface area contributed by atoms with Gasteiger partial charge in [0.05, 0.1) is 12.4 Å². The van der Waals surface area contributed by atoms with E-state index in [1.807, 2.05) is 63.2 Å². The summed E-state index contributed by atoms with van der Waals surface area (Å²) in [6.07, 6.45) is -0.863. The molecule has 0 aliphatic carbocycles. The summed E-state index contributed by atoms with van der Waals surface area (Å²) in [5.74, 6) is 0.153. The van der Waals surface area contributed by atoms with Gasteiger partial charge in [-0.3, -0.25) is 9.59 Å². The number of carbonyl (C=O) groups excluding carboxylic acids is 2. The van der Waals surface area contributed by atoms with Crippen LogP contribution in [0.25, 0.3) is 0 Å². The molecule has 0 spiro atoms. The lowest BCUT2D eigenvalue weighted by molar-refractivity contribution is -0.150. The SMILES string of the molecule is CCOc1ccc(SCC(=O)O[C@@H](C)C(=O)Nc2c(C)cccc2C)cc1. The lowest BCUT2D eigenvalue weighted by Crippen LogP contribution is -2.31. The number of benzene rings is 2. The Bertz CT molecular complexity index is 769. The summed E-state index contributed by atoms with van der Waals surface area (Å²) in [7, 11) is 0. The standard InChI is InChI=1S/C21H25NO4S/c1-5-25-17-9-11-18(12-10-17)27-13-19(23)26-16(4)21(24)22-20-14(2)7-6-8-15(20)3/h6-12,16H,5,13H2,1-4H3,(H,22,24)/t16-/m0/s1. The van der Waals surface area contributed by atoms with Crippen molar-refractivity contribution in [1.82, 2.24) is 0 Å². The molecule has 0 heterocycles. The molecule has 0 saturated carbocycles. The number of amides is 1. The van der Waals surface area contributed by atoms with Crippen LogP contribution in [0.1, 0.15) is 25.0 Å². The van der Waals surface area contributed by atoms with Gasteiger partial charge >= 0.3 is 5.97 Å². The Morgan fingerprint density at radius 1 is 1.07 bits per heavy atom. The number of anilines is 1. The Labute approximate surface area is 164 Å². The highest BCUT2D eigenvalue weighted by Gasteiger charge is 2.19. The van der Waals surface area contributed by atoms with Crippen LogP contribution in [0.3, 0.4) is 0 Å². The first-order chi connectivity index (χ1) is 12.9. The third-order valence-corrected chi connectivity index (χ3v) is 4.88. The van der Waals surface area contributed by atoms with E-state index < -0.39 is 12.1 Å². The summed E-state index contributed by atoms with van der Waals surface area (Å²) < 4.78 is 10.6. The van der Waals surface area contributed by atoms with Gasteiger partial charge in [0.15, 0.2) is 6.10 Å². The molecule has 5 nitrogen and oxygen atoms in total. The van der Waals surface area contributed by atoms with Crippen LogP contribution in [0.15, 0.2) is 47.4 Å². The van der Waals surface area contributed by atoms with Crippen LogP contribution in [0.4, 0.5) is 5.69 Å². The number of carbonyl (C=O) groups is 2. The molecule has 0 fully saturated rings. The Balaban J connectivity index is 1.83. The Hall–Kier alpha value is -2.47. The molecule has 6 heteroatoms. The average molecular weight is 388 g/mol. The molecule has 0 aliphatic rings. The minimum Gasteiger partial charge on any atom is -0.494 e. The highest BCUT2D eigenvalue weighted by atomic mass is 32.2. The van der Waals surface area contributed by atoms with E-state index in [0.717, 1.165) is 27.5 Å². The van der Waals surface area contributed by atoms with E-state index in [0.29, 0.717) is 6.61 Å². The predicted molar refractivity (Wildman–Crippen MR) is 108 cm³/mol. The van der Waals surface area contributed by atoms with Crippen molar-refractivity contribution >= 4 is 29.3 Å². The van der Waals surface area contributed by atoms with Crippen LogP contribution < -0.4 is 10.1 Å². The molecule has 1 N–H and O–H groups in total. The maximum Gasteiger partial charge on any atom is 0.317 e. The van der Waals surface area contributed by atoms with Gasteiger partial charge in [0.1, 0.15) is 5.75 Å². The van der Waals surface area contributed by atoms with Crippen LogP contribution >= 0.6 is 11.8 Å². The zero-order valence-corrected chi connectivity index (χ0v) is 16.9. The summed E-state index contributed by atoms with van der Waals surface area (Å²) in [5.41, 5.74) is 2.69. The zero-order chi connectivity index (χ0) is 19.8. The first kappa shape index (κ1) is 20.8. The first-order valence-corrected chi connectivity index (χ1v) is 9.81. The van der Waals surface area contributed by atoms with Gasteiger partial charge in [-0.15, -0.1) is 11.8 Å². The zero-order valence-electron chi connectivity index (χ0n) is 16.1. The van der Waals surface area contributed by atoms with Gasteiger partial charge in [-0.2, -0.15) is 0 Å². The third-order valence-electron chi connectivity index (χ3n) is 3.90. The molecule has 0 bridgehead atoms. The van der Waals surface area contributed by atoms with Crippen LogP contribution in [0.2, 0.25) is 0 Å². The topological polar surface area (TPSA) is 64.6 Å². The maximum atomic E-state index is 12.3. The molecule has 0 radical (unpaired) electrons. The minimum absolute atomic E-state index is 0.134. The fraction of sp³-hybridized carbons (Fsp3) is 0.333. The van der Waals surface area contributed by atoms with Crippen molar-refractivity contribution in [3.8, 4) is 5.75 Å². The molecule has 1 amide bonds. The second-order valence-corrected chi connectivity index (χ2v) is 7.13. The van der Waals surface area contributed by atoms with Gasteiger partial charge in [0, 0.05) is 10.6 Å². The number of aryl methyl sites for hydroxylation is 2. The van der Waals surface area contributed by atoms with Gasteiger partial charge < -0.3 is 14.8 Å². The van der Waals surface area contributed by atoms with Gasteiger partial charge in [-0.25, -0.2) is 0 Å². The van der Waals surface area contributed by atoms with E-state index in [-0.39, 0.29) is 11.7 Å². The number of thioether (sulfide) groups is 1. The van der Waals surface area contributed by atoms with Crippen molar-refractivity contribution in [2.75, 3.05) is 17.7 Å². The lowest BCUT2D eigenvalue weighted by Gasteiger charge is -2.16. The molecule has 0 aliphatic heterocycles. The number of ether oxygens (including phenoxy) is 2. The normalized spacial score (nSPS) is 11.6. The Morgan fingerprint density at radius 3 is 2.30 bits per heavy atom. The van der Waals surface area contributed by atoms with Gasteiger partial charge in [0.2, 0.25) is 0 Å². The number of esters is 1. The molecular weight excluding hydrogens is 362 g/mol. The van der Waals surface area contributed by atoms with Crippen molar-refractivity contribution in [1.29, 1.82) is 0 Å². The summed E-state index contributed by atoms with van der Waals surface area (Å²) >= 11 is 1.36. The van der Waals surface area contributed by atoms with E-state index in [1.54, 1.807) is 6.92 Å². The van der Waals surface area contributed by atoms with Crippen LogP contribution in [0, 0.1) is 13.8 Å². The molecule has 0 saturated heterocycles. The fourth-order valence-electron chi connectivity index (χ4n) is 2.46. The highest BCUT2D eigenvalue weighted by molar-refractivity contribution is 8.00. The number of hydrogen-bond donors (Lipinski definition) is 1. The molecule has 27 heavy (non-hydrogen) atoms. The Kier molecular flexibility index (Phi) is 7.73. The van der Waals surface area contributed by atoms with E-state index >= 15 is 0 Å². The second kappa shape index (κ2) is 10.0. The van der Waals surface area contributed by atoms with Crippen molar-refractivity contribution in [3.05, 3.63) is 53.6 Å². The van der Waals surface area contributed by atoms with Gasteiger partial charge in [0.25, 0.3) is 5.91 Å². The quantitative estimate of drug-likeness (QED) is 0.538. The average Bonchev–Trinajstić information content (AvgIpc) is 2.64. The number of hydrogen-bond acceptors (Lipinski definition) is 5. The lowest BCUT2D eigenvalue weighted by atomic mass is 10.1. The van der Waals surface area contributed by atoms with Gasteiger partial charge in [-0.05, 0) is 63.1 Å². The van der Waals surface area contributed by atoms with Crippen LogP contribution in [-0.4, -0.2) is 30.3 Å². The monoisotopic (exact) mass is 387 g/mol. The van der Waals surface area contributed by atoms with E-state index in [1.165, 1.54) is 11.8 Å².